The number of aromatic nitrogens is 3. The van der Waals surface area contributed by atoms with Gasteiger partial charge in [-0.25, -0.2) is 17.8 Å². The van der Waals surface area contributed by atoms with Crippen LogP contribution in [-0.2, 0) is 10.0 Å². The smallest absolute Gasteiger partial charge is 0.355 e. The van der Waals surface area contributed by atoms with Crippen LogP contribution in [0.1, 0.15) is 28.9 Å². The van der Waals surface area contributed by atoms with Crippen LogP contribution >= 0.6 is 0 Å². The highest BCUT2D eigenvalue weighted by Gasteiger charge is 2.27. The van der Waals surface area contributed by atoms with Crippen LogP contribution in [0.5, 0.6) is 5.75 Å². The van der Waals surface area contributed by atoms with E-state index in [2.05, 4.69) is 20.5 Å². The summed E-state index contributed by atoms with van der Waals surface area (Å²) in [5, 5.41) is 9.68. The molecule has 38 heavy (non-hydrogen) atoms. The molecule has 0 bridgehead atoms. The third kappa shape index (κ3) is 5.86. The minimum Gasteiger partial charge on any atom is -0.484 e. The van der Waals surface area contributed by atoms with Gasteiger partial charge in [0.05, 0.1) is 11.4 Å². The molecule has 2 heterocycles. The monoisotopic (exact) mass is 546 g/mol. The van der Waals surface area contributed by atoms with Gasteiger partial charge in [-0.3, -0.25) is 14.6 Å². The van der Waals surface area contributed by atoms with E-state index in [-0.39, 0.29) is 34.1 Å². The molecule has 0 aliphatic carbocycles. The van der Waals surface area contributed by atoms with Crippen LogP contribution in [0.15, 0.2) is 66.9 Å². The van der Waals surface area contributed by atoms with E-state index >= 15 is 0 Å². The summed E-state index contributed by atoms with van der Waals surface area (Å²) in [7, 11) is -5.03. The fourth-order valence-electron chi connectivity index (χ4n) is 3.49. The number of sulfonamides is 1. The molecule has 4 aromatic rings. The number of carbonyl (C=O) groups excluding carboxylic acids is 1. The van der Waals surface area contributed by atoms with Gasteiger partial charge in [0, 0.05) is 11.8 Å². The number of alkyl halides is 2. The summed E-state index contributed by atoms with van der Waals surface area (Å²) in [6.45, 7) is 1.60. The second-order valence-electron chi connectivity index (χ2n) is 7.96. The molecule has 1 unspecified atom stereocenters. The van der Waals surface area contributed by atoms with Crippen molar-refractivity contribution in [3.05, 3.63) is 83.8 Å². The van der Waals surface area contributed by atoms with Gasteiger partial charge < -0.3 is 15.8 Å². The van der Waals surface area contributed by atoms with Gasteiger partial charge in [0.15, 0.2) is 5.82 Å². The van der Waals surface area contributed by atoms with Gasteiger partial charge >= 0.3 is 5.76 Å². The molecule has 0 radical (unpaired) electrons. The Labute approximate surface area is 215 Å². The number of anilines is 3. The Kier molecular flexibility index (Phi) is 7.52. The molecule has 0 spiro atoms. The van der Waals surface area contributed by atoms with Crippen LogP contribution in [0.4, 0.5) is 30.5 Å². The predicted octanol–water partition coefficient (Wildman–Crippen LogP) is 4.56. The maximum absolute atomic E-state index is 13.3. The molecule has 2 aromatic heterocycles. The first-order valence-corrected chi connectivity index (χ1v) is 12.5. The lowest BCUT2D eigenvalue weighted by Crippen LogP contribution is -2.21. The summed E-state index contributed by atoms with van der Waals surface area (Å²) < 4.78 is 70.9. The lowest BCUT2D eigenvalue weighted by atomic mass is 10.1. The second kappa shape index (κ2) is 10.8. The fraction of sp³-hybridized carbons (Fsp3) is 0.125. The number of halogens is 3. The Morgan fingerprint density at radius 1 is 1.11 bits per heavy atom. The number of aromatic amines is 1. The Morgan fingerprint density at radius 2 is 1.84 bits per heavy atom. The average molecular weight is 547 g/mol. The number of H-pyrrole nitrogens is 1. The van der Waals surface area contributed by atoms with Crippen LogP contribution in [0.2, 0.25) is 0 Å². The summed E-state index contributed by atoms with van der Waals surface area (Å²) in [4.78, 5) is 16.4. The molecule has 14 heteroatoms. The molecule has 0 fully saturated rings. The zero-order valence-corrected chi connectivity index (χ0v) is 20.5. The van der Waals surface area contributed by atoms with Crippen molar-refractivity contribution in [2.45, 2.75) is 18.8 Å². The lowest BCUT2D eigenvalue weighted by Gasteiger charge is -2.19. The van der Waals surface area contributed by atoms with Crippen molar-refractivity contribution in [3.8, 4) is 17.0 Å². The molecular formula is C24H21F3N6O4S. The minimum atomic E-state index is -5.03. The summed E-state index contributed by atoms with van der Waals surface area (Å²) in [5.41, 5.74) is 6.25. The van der Waals surface area contributed by atoms with Crippen LogP contribution < -0.4 is 20.5 Å². The van der Waals surface area contributed by atoms with E-state index in [0.717, 1.165) is 0 Å². The molecule has 2 aromatic carbocycles. The molecular weight excluding hydrogens is 525 g/mol. The van der Waals surface area contributed by atoms with Crippen LogP contribution in [0.25, 0.3) is 11.3 Å². The van der Waals surface area contributed by atoms with Gasteiger partial charge in [-0.15, -0.1) is 0 Å². The molecule has 0 saturated carbocycles. The van der Waals surface area contributed by atoms with E-state index in [9.17, 15) is 26.4 Å². The van der Waals surface area contributed by atoms with E-state index in [4.69, 9.17) is 10.5 Å². The van der Waals surface area contributed by atoms with Crippen LogP contribution in [0.3, 0.4) is 0 Å². The van der Waals surface area contributed by atoms with Crippen molar-refractivity contribution >= 4 is 33.3 Å². The number of nitrogens with zero attached hydrogens (tertiary/aromatic N) is 2. The maximum atomic E-state index is 13.3. The van der Waals surface area contributed by atoms with E-state index in [1.807, 2.05) is 0 Å². The van der Waals surface area contributed by atoms with Gasteiger partial charge in [0.25, 0.3) is 15.9 Å². The minimum absolute atomic E-state index is 0.0332. The van der Waals surface area contributed by atoms with Crippen LogP contribution in [-0.4, -0.2) is 35.3 Å². The number of hydrogen-bond acceptors (Lipinski definition) is 7. The highest BCUT2D eigenvalue weighted by atomic mass is 32.2. The lowest BCUT2D eigenvalue weighted by molar-refractivity contribution is 0.100. The van der Waals surface area contributed by atoms with Crippen molar-refractivity contribution in [3.63, 3.8) is 0 Å². The topological polar surface area (TPSA) is 152 Å². The van der Waals surface area contributed by atoms with Crippen molar-refractivity contribution < 1.29 is 31.1 Å². The molecule has 5 N–H and O–H groups in total. The zero-order chi connectivity index (χ0) is 27.4. The third-order valence-electron chi connectivity index (χ3n) is 5.32. The number of carbonyl (C=O) groups is 1. The Balaban J connectivity index is 1.76. The summed E-state index contributed by atoms with van der Waals surface area (Å²) in [6, 6.07) is 14.3. The average Bonchev–Trinajstić information content (AvgIpc) is 3.29. The van der Waals surface area contributed by atoms with Gasteiger partial charge in [-0.05, 0) is 48.9 Å². The summed E-state index contributed by atoms with van der Waals surface area (Å²) in [5.74, 6) is -4.68. The molecule has 1 atom stereocenters. The first-order chi connectivity index (χ1) is 18.0. The van der Waals surface area contributed by atoms with E-state index in [1.54, 1.807) is 29.8 Å². The van der Waals surface area contributed by atoms with Gasteiger partial charge in [-0.2, -0.15) is 13.9 Å². The number of benzene rings is 2. The number of ether oxygens (including phenoxy) is 1. The first-order valence-electron chi connectivity index (χ1n) is 11.0. The predicted molar refractivity (Wildman–Crippen MR) is 134 cm³/mol. The SMILES string of the molecule is CC(Oc1cc(-c2[nH]nc(Nc3ccccn3)c2C(N)=O)ccc1NS(=O)(=O)C(F)F)c1ccc(F)cc1. The highest BCUT2D eigenvalue weighted by Crippen LogP contribution is 2.37. The maximum Gasteiger partial charge on any atom is 0.355 e. The fourth-order valence-corrected chi connectivity index (χ4v) is 4.05. The van der Waals surface area contributed by atoms with E-state index < -0.39 is 33.6 Å². The van der Waals surface area contributed by atoms with Gasteiger partial charge in [0.2, 0.25) is 0 Å². The van der Waals surface area contributed by atoms with E-state index in [0.29, 0.717) is 11.4 Å². The van der Waals surface area contributed by atoms with Crippen LogP contribution in [0, 0.1) is 5.82 Å². The third-order valence-corrected chi connectivity index (χ3v) is 6.30. The summed E-state index contributed by atoms with van der Waals surface area (Å²) >= 11 is 0. The number of hydrogen-bond donors (Lipinski definition) is 4. The molecule has 0 aliphatic rings. The number of amides is 1. The quantitative estimate of drug-likeness (QED) is 0.228. The first kappa shape index (κ1) is 26.5. The van der Waals surface area contributed by atoms with Crippen molar-refractivity contribution in [1.29, 1.82) is 0 Å². The molecule has 1 amide bonds. The van der Waals surface area contributed by atoms with Gasteiger partial charge in [-0.1, -0.05) is 24.3 Å². The van der Waals surface area contributed by atoms with E-state index in [1.165, 1.54) is 48.7 Å². The number of rotatable bonds is 10. The van der Waals surface area contributed by atoms with Gasteiger partial charge in [0.1, 0.15) is 29.1 Å². The molecule has 0 saturated heterocycles. The van der Waals surface area contributed by atoms with Crippen molar-refractivity contribution in [2.75, 3.05) is 10.0 Å². The molecule has 0 aliphatic heterocycles. The summed E-state index contributed by atoms with van der Waals surface area (Å²) in [6.07, 6.45) is 0.782. The molecule has 198 valence electrons. The number of pyridine rings is 1. The highest BCUT2D eigenvalue weighted by molar-refractivity contribution is 7.93. The second-order valence-corrected chi connectivity index (χ2v) is 9.61. The normalized spacial score (nSPS) is 12.2. The Bertz CT molecular complexity index is 1550. The standard InChI is InChI=1S/C24H21F3N6O4S/c1-13(14-5-8-16(25)9-6-14)37-18-12-15(7-10-17(18)33-38(35,36)24(26)27)21-20(22(28)34)23(32-31-21)30-19-4-2-3-11-29-19/h2-13,24,33H,1H3,(H2,28,34)(H2,29,30,31,32). The zero-order valence-electron chi connectivity index (χ0n) is 19.7. The largest absolute Gasteiger partial charge is 0.484 e. The van der Waals surface area contributed by atoms with Crippen molar-refractivity contribution in [1.82, 2.24) is 15.2 Å². The molecule has 4 rings (SSSR count). The Hall–Kier alpha value is -4.59. The Morgan fingerprint density at radius 3 is 2.47 bits per heavy atom. The number of nitrogens with one attached hydrogen (secondary N) is 3. The van der Waals surface area contributed by atoms with Crippen molar-refractivity contribution in [2.24, 2.45) is 5.73 Å². The molecule has 10 nitrogen and oxygen atoms in total. The number of nitrogens with two attached hydrogens (primary N) is 1. The number of primary amides is 1.